The number of imidazole rings is 1. The van der Waals surface area contributed by atoms with E-state index in [2.05, 4.69) is 30.6 Å². The lowest BCUT2D eigenvalue weighted by Crippen LogP contribution is -2.33. The van der Waals surface area contributed by atoms with Gasteiger partial charge in [0.05, 0.1) is 7.11 Å². The number of nitrogens with zero attached hydrogens (tertiary/aromatic N) is 6. The van der Waals surface area contributed by atoms with Crippen molar-refractivity contribution in [3.05, 3.63) is 80.8 Å². The number of rotatable bonds is 7. The first-order valence-electron chi connectivity index (χ1n) is 11.6. The van der Waals surface area contributed by atoms with Gasteiger partial charge in [-0.2, -0.15) is 5.21 Å². The predicted molar refractivity (Wildman–Crippen MR) is 135 cm³/mol. The van der Waals surface area contributed by atoms with Gasteiger partial charge in [0.1, 0.15) is 12.4 Å². The lowest BCUT2D eigenvalue weighted by Gasteiger charge is -2.12. The smallest absolute Gasteiger partial charge is 0.330 e. The summed E-state index contributed by atoms with van der Waals surface area (Å²) in [6.45, 7) is 3.89. The zero-order valence-corrected chi connectivity index (χ0v) is 20.4. The number of nitrogens with one attached hydrogen (secondary N) is 2. The van der Waals surface area contributed by atoms with Crippen LogP contribution in [0.4, 0.5) is 0 Å². The van der Waals surface area contributed by atoms with Gasteiger partial charge in [-0.15, -0.1) is 10.2 Å². The molecule has 0 aliphatic carbocycles. The number of aromatic amines is 2. The lowest BCUT2D eigenvalue weighted by molar-refractivity contribution is -0.141. The third kappa shape index (κ3) is 4.44. The number of carbonyl (C=O) groups is 1. The molecule has 0 fully saturated rings. The largest absolute Gasteiger partial charge is 0.468 e. The zero-order chi connectivity index (χ0) is 26.1. The Labute approximate surface area is 209 Å². The van der Waals surface area contributed by atoms with E-state index in [1.165, 1.54) is 7.11 Å². The number of carbonyl (C=O) groups excluding carboxylic acids is 1. The van der Waals surface area contributed by atoms with E-state index < -0.39 is 17.2 Å². The number of H-pyrrole nitrogens is 2. The summed E-state index contributed by atoms with van der Waals surface area (Å²) in [6.07, 6.45) is 0. The molecule has 2 N–H and O–H groups in total. The minimum Gasteiger partial charge on any atom is -0.468 e. The molecule has 0 saturated heterocycles. The number of fused-ring (bicyclic) bond motifs is 1. The molecule has 0 unspecified atom stereocenters. The molecule has 3 heterocycles. The van der Waals surface area contributed by atoms with Crippen molar-refractivity contribution in [3.63, 3.8) is 0 Å². The maximum atomic E-state index is 12.9. The third-order valence-corrected chi connectivity index (χ3v) is 6.07. The summed E-state index contributed by atoms with van der Waals surface area (Å²) in [6, 6.07) is 15.7. The number of tetrazole rings is 1. The number of hydrogen-bond donors (Lipinski definition) is 2. The van der Waals surface area contributed by atoms with E-state index in [4.69, 9.17) is 4.74 Å². The fourth-order valence-corrected chi connectivity index (χ4v) is 4.31. The molecule has 0 aliphatic rings. The van der Waals surface area contributed by atoms with Crippen LogP contribution in [-0.2, 0) is 22.6 Å². The molecule has 0 spiro atoms. The maximum Gasteiger partial charge on any atom is 0.330 e. The minimum absolute atomic E-state index is 0.0467. The van der Waals surface area contributed by atoms with Crippen LogP contribution in [0.5, 0.6) is 0 Å². The van der Waals surface area contributed by atoms with E-state index in [-0.39, 0.29) is 23.6 Å². The minimum atomic E-state index is -0.715. The first-order valence-corrected chi connectivity index (χ1v) is 11.6. The Morgan fingerprint density at radius 2 is 1.76 bits per heavy atom. The third-order valence-electron chi connectivity index (χ3n) is 6.07. The van der Waals surface area contributed by atoms with Crippen LogP contribution in [0.2, 0.25) is 0 Å². The van der Waals surface area contributed by atoms with Crippen LogP contribution in [0.15, 0.2) is 58.1 Å². The van der Waals surface area contributed by atoms with Crippen molar-refractivity contribution < 1.29 is 9.53 Å². The van der Waals surface area contributed by atoms with Crippen molar-refractivity contribution in [1.29, 1.82) is 0 Å². The monoisotopic (exact) mass is 500 g/mol. The van der Waals surface area contributed by atoms with Crippen molar-refractivity contribution in [3.8, 4) is 22.5 Å². The summed E-state index contributed by atoms with van der Waals surface area (Å²) in [5.74, 6) is 0.460. The molecule has 0 atom stereocenters. The Morgan fingerprint density at radius 3 is 2.41 bits per heavy atom. The van der Waals surface area contributed by atoms with Crippen molar-refractivity contribution >= 4 is 17.1 Å². The summed E-state index contributed by atoms with van der Waals surface area (Å²) in [5.41, 5.74) is 2.78. The van der Waals surface area contributed by atoms with Gasteiger partial charge >= 0.3 is 11.7 Å². The van der Waals surface area contributed by atoms with E-state index in [1.54, 1.807) is 4.57 Å². The topological polar surface area (TPSA) is 153 Å². The number of hydrogen-bond acceptors (Lipinski definition) is 8. The summed E-state index contributed by atoms with van der Waals surface area (Å²) in [7, 11) is 1.23. The first kappa shape index (κ1) is 23.9. The van der Waals surface area contributed by atoms with Crippen LogP contribution >= 0.6 is 0 Å². The standard InChI is InChI=1S/C25H24N8O4/c1-14(2)22-26-23-20(24(35)27-25(36)33(23)13-19(34)37-3)32(22)12-15-8-10-16(11-9-15)17-6-4-5-7-18(17)21-28-30-31-29-21/h4-11,14H,12-13H2,1-3H3,(H,27,35,36)(H,28,29,30,31). The summed E-state index contributed by atoms with van der Waals surface area (Å²) < 4.78 is 7.62. The van der Waals surface area contributed by atoms with Gasteiger partial charge in [-0.3, -0.25) is 19.1 Å². The van der Waals surface area contributed by atoms with Gasteiger partial charge in [0.2, 0.25) is 5.82 Å². The van der Waals surface area contributed by atoms with Gasteiger partial charge in [-0.1, -0.05) is 62.4 Å². The normalized spacial score (nSPS) is 11.4. The zero-order valence-electron chi connectivity index (χ0n) is 20.4. The number of benzene rings is 2. The van der Waals surface area contributed by atoms with Crippen molar-refractivity contribution in [1.82, 2.24) is 39.7 Å². The van der Waals surface area contributed by atoms with E-state index >= 15 is 0 Å². The summed E-state index contributed by atoms with van der Waals surface area (Å²) in [5, 5.41) is 14.3. The van der Waals surface area contributed by atoms with E-state index in [0.29, 0.717) is 18.2 Å². The van der Waals surface area contributed by atoms with Gasteiger partial charge in [-0.05, 0) is 21.9 Å². The van der Waals surface area contributed by atoms with Crippen LogP contribution in [0.25, 0.3) is 33.7 Å². The molecule has 0 aliphatic heterocycles. The Morgan fingerprint density at radius 1 is 1.03 bits per heavy atom. The van der Waals surface area contributed by atoms with Gasteiger partial charge in [0.25, 0.3) is 5.56 Å². The molecule has 2 aromatic carbocycles. The van der Waals surface area contributed by atoms with Gasteiger partial charge < -0.3 is 9.30 Å². The Hall–Kier alpha value is -4.87. The van der Waals surface area contributed by atoms with E-state index in [1.807, 2.05) is 62.4 Å². The molecule has 0 bridgehead atoms. The molecule has 37 heavy (non-hydrogen) atoms. The van der Waals surface area contributed by atoms with Crippen LogP contribution in [-0.4, -0.2) is 52.8 Å². The Kier molecular flexibility index (Phi) is 6.22. The molecule has 0 amide bonds. The lowest BCUT2D eigenvalue weighted by atomic mass is 9.98. The van der Waals surface area contributed by atoms with E-state index in [9.17, 15) is 14.4 Å². The molecular weight excluding hydrogens is 476 g/mol. The molecule has 12 heteroatoms. The molecule has 0 radical (unpaired) electrons. The highest BCUT2D eigenvalue weighted by atomic mass is 16.5. The molecule has 5 aromatic rings. The second-order valence-corrected chi connectivity index (χ2v) is 8.78. The number of ether oxygens (including phenoxy) is 1. The number of esters is 1. The quantitative estimate of drug-likeness (QED) is 0.322. The van der Waals surface area contributed by atoms with Crippen molar-refractivity contribution in [2.45, 2.75) is 32.9 Å². The van der Waals surface area contributed by atoms with Gasteiger partial charge in [0.15, 0.2) is 11.2 Å². The second kappa shape index (κ2) is 9.64. The van der Waals surface area contributed by atoms with Crippen molar-refractivity contribution in [2.75, 3.05) is 7.11 Å². The molecule has 5 rings (SSSR count). The molecule has 3 aromatic heterocycles. The predicted octanol–water partition coefficient (Wildman–Crippen LogP) is 2.08. The molecular formula is C25H24N8O4. The average Bonchev–Trinajstić information content (AvgIpc) is 3.56. The van der Waals surface area contributed by atoms with Crippen LogP contribution in [0.3, 0.4) is 0 Å². The van der Waals surface area contributed by atoms with Gasteiger partial charge in [-0.25, -0.2) is 9.78 Å². The highest BCUT2D eigenvalue weighted by molar-refractivity contribution is 5.80. The SMILES string of the molecule is COC(=O)Cn1c(=O)[nH]c(=O)c2c1nc(C(C)C)n2Cc1ccc(-c2ccccc2-c2nn[nH]n2)cc1. The highest BCUT2D eigenvalue weighted by Crippen LogP contribution is 2.30. The van der Waals surface area contributed by atoms with Gasteiger partial charge in [0, 0.05) is 18.0 Å². The highest BCUT2D eigenvalue weighted by Gasteiger charge is 2.22. The average molecular weight is 501 g/mol. The van der Waals surface area contributed by atoms with Crippen LogP contribution in [0, 0.1) is 0 Å². The molecule has 188 valence electrons. The fourth-order valence-electron chi connectivity index (χ4n) is 4.31. The second-order valence-electron chi connectivity index (χ2n) is 8.78. The molecule has 0 saturated carbocycles. The van der Waals surface area contributed by atoms with Crippen LogP contribution < -0.4 is 11.2 Å². The number of methoxy groups -OCH3 is 1. The number of aromatic nitrogens is 8. The maximum absolute atomic E-state index is 12.9. The van der Waals surface area contributed by atoms with E-state index in [0.717, 1.165) is 26.8 Å². The first-order chi connectivity index (χ1) is 17.9. The van der Waals surface area contributed by atoms with Crippen LogP contribution in [0.1, 0.15) is 31.2 Å². The summed E-state index contributed by atoms with van der Waals surface area (Å²) in [4.78, 5) is 44.2. The Bertz CT molecular complexity index is 1700. The summed E-state index contributed by atoms with van der Waals surface area (Å²) >= 11 is 0. The molecule has 12 nitrogen and oxygen atoms in total. The fraction of sp³-hybridized carbons (Fsp3) is 0.240. The Balaban J connectivity index is 1.56. The van der Waals surface area contributed by atoms with Crippen molar-refractivity contribution in [2.24, 2.45) is 0 Å².